The Balaban J connectivity index is 3.26. The van der Waals surface area contributed by atoms with Gasteiger partial charge in [0.15, 0.2) is 7.28 Å². The number of benzene rings is 1. The lowest BCUT2D eigenvalue weighted by Gasteiger charge is -2.37. The highest BCUT2D eigenvalue weighted by Gasteiger charge is 2.36. The van der Waals surface area contributed by atoms with Crippen molar-refractivity contribution in [1.82, 2.24) is 4.90 Å². The molecule has 0 aliphatic rings. The molecule has 1 amide bonds. The molecule has 0 saturated carbocycles. The number of aliphatic hydroxyl groups is 1. The zero-order valence-corrected chi connectivity index (χ0v) is 18.8. The van der Waals surface area contributed by atoms with E-state index < -0.39 is 28.4 Å². The lowest BCUT2D eigenvalue weighted by molar-refractivity contribution is 0.0410. The quantitative estimate of drug-likeness (QED) is 0.722. The zero-order chi connectivity index (χ0) is 21.9. The Kier molecular flexibility index (Phi) is 7.70. The molecule has 0 aliphatic heterocycles. The van der Waals surface area contributed by atoms with Gasteiger partial charge in [-0.05, 0) is 72.2 Å². The van der Waals surface area contributed by atoms with Crippen molar-refractivity contribution in [2.24, 2.45) is 0 Å². The molecule has 0 heterocycles. The van der Waals surface area contributed by atoms with Gasteiger partial charge in [0.1, 0.15) is 11.4 Å². The van der Waals surface area contributed by atoms with E-state index in [0.717, 1.165) is 0 Å². The first-order chi connectivity index (χ1) is 12.5. The van der Waals surface area contributed by atoms with Gasteiger partial charge >= 0.3 is 6.09 Å². The van der Waals surface area contributed by atoms with Gasteiger partial charge < -0.3 is 14.7 Å². The fraction of sp³-hybridized carbons (Fsp3) is 0.667. The fourth-order valence-electron chi connectivity index (χ4n) is 2.37. The molecule has 1 rings (SSSR count). The van der Waals surface area contributed by atoms with Gasteiger partial charge in [-0.3, -0.25) is 4.90 Å². The second-order valence-electron chi connectivity index (χ2n) is 9.60. The SMILES string of the molecule is CN(C)CCN(C(=O)OC(C)(C)C)c1cc(F)cc([B]C(C)(C)C(C)(C)O)c1. The van der Waals surface area contributed by atoms with E-state index in [1.54, 1.807) is 40.7 Å². The van der Waals surface area contributed by atoms with E-state index in [4.69, 9.17) is 4.74 Å². The third-order valence-corrected chi connectivity index (χ3v) is 4.71. The Bertz CT molecular complexity index is 679. The Morgan fingerprint density at radius 3 is 2.11 bits per heavy atom. The molecule has 0 aliphatic carbocycles. The Morgan fingerprint density at radius 1 is 1.07 bits per heavy atom. The average molecular weight is 393 g/mol. The van der Waals surface area contributed by atoms with Crippen LogP contribution < -0.4 is 10.4 Å². The minimum Gasteiger partial charge on any atom is -0.443 e. The molecule has 157 valence electrons. The van der Waals surface area contributed by atoms with Crippen LogP contribution in [0, 0.1) is 5.82 Å². The van der Waals surface area contributed by atoms with E-state index >= 15 is 0 Å². The van der Waals surface area contributed by atoms with Crippen molar-refractivity contribution >= 4 is 24.5 Å². The zero-order valence-electron chi connectivity index (χ0n) is 18.8. The molecule has 0 atom stereocenters. The smallest absolute Gasteiger partial charge is 0.414 e. The van der Waals surface area contributed by atoms with Crippen LogP contribution >= 0.6 is 0 Å². The highest BCUT2D eigenvalue weighted by atomic mass is 19.1. The molecule has 1 aromatic carbocycles. The number of carbonyl (C=O) groups excluding carboxylic acids is 1. The third-order valence-electron chi connectivity index (χ3n) is 4.71. The average Bonchev–Trinajstić information content (AvgIpc) is 2.42. The molecule has 0 unspecified atom stereocenters. The summed E-state index contributed by atoms with van der Waals surface area (Å²) in [6.07, 6.45) is -0.521. The second kappa shape index (κ2) is 8.83. The van der Waals surface area contributed by atoms with E-state index in [9.17, 15) is 14.3 Å². The van der Waals surface area contributed by atoms with Gasteiger partial charge in [-0.25, -0.2) is 9.18 Å². The van der Waals surface area contributed by atoms with E-state index in [2.05, 4.69) is 0 Å². The van der Waals surface area contributed by atoms with Crippen LogP contribution in [0.5, 0.6) is 0 Å². The van der Waals surface area contributed by atoms with Crippen molar-refractivity contribution < 1.29 is 19.0 Å². The molecule has 0 fully saturated rings. The highest BCUT2D eigenvalue weighted by molar-refractivity contribution is 6.57. The molecule has 7 heteroatoms. The van der Waals surface area contributed by atoms with Gasteiger partial charge in [0.2, 0.25) is 0 Å². The number of amides is 1. The highest BCUT2D eigenvalue weighted by Crippen LogP contribution is 2.36. The molecule has 0 bridgehead atoms. The summed E-state index contributed by atoms with van der Waals surface area (Å²) in [4.78, 5) is 16.1. The molecule has 1 N–H and O–H groups in total. The van der Waals surface area contributed by atoms with Crippen molar-refractivity contribution in [1.29, 1.82) is 0 Å². The topological polar surface area (TPSA) is 53.0 Å². The molecule has 1 aromatic rings. The molecular weight excluding hydrogens is 358 g/mol. The Hall–Kier alpha value is -1.60. The van der Waals surface area contributed by atoms with Gasteiger partial charge in [0.25, 0.3) is 0 Å². The number of halogens is 1. The van der Waals surface area contributed by atoms with Crippen molar-refractivity contribution in [3.63, 3.8) is 0 Å². The monoisotopic (exact) mass is 393 g/mol. The summed E-state index contributed by atoms with van der Waals surface area (Å²) in [5.74, 6) is -0.450. The van der Waals surface area contributed by atoms with Gasteiger partial charge in [0.05, 0.1) is 5.60 Å². The van der Waals surface area contributed by atoms with Gasteiger partial charge in [-0.1, -0.05) is 19.3 Å². The summed E-state index contributed by atoms with van der Waals surface area (Å²) < 4.78 is 19.9. The van der Waals surface area contributed by atoms with Crippen molar-refractivity contribution in [3.8, 4) is 0 Å². The van der Waals surface area contributed by atoms with Crippen LogP contribution in [0.3, 0.4) is 0 Å². The molecule has 1 radical (unpaired) electrons. The van der Waals surface area contributed by atoms with Crippen LogP contribution in [-0.2, 0) is 4.74 Å². The molecule has 28 heavy (non-hydrogen) atoms. The van der Waals surface area contributed by atoms with E-state index in [-0.39, 0.29) is 0 Å². The van der Waals surface area contributed by atoms with Crippen LogP contribution in [0.15, 0.2) is 18.2 Å². The molecule has 0 aromatic heterocycles. The summed E-state index contributed by atoms with van der Waals surface area (Å²) in [5.41, 5.74) is -0.622. The predicted octanol–water partition coefficient (Wildman–Crippen LogP) is 3.43. The van der Waals surface area contributed by atoms with Crippen LogP contribution in [0.2, 0.25) is 5.31 Å². The van der Waals surface area contributed by atoms with Crippen molar-refractivity contribution in [3.05, 3.63) is 24.0 Å². The summed E-state index contributed by atoms with van der Waals surface area (Å²) in [7, 11) is 5.63. The normalized spacial score (nSPS) is 12.9. The third kappa shape index (κ3) is 7.43. The van der Waals surface area contributed by atoms with E-state index in [1.807, 2.05) is 40.1 Å². The minimum atomic E-state index is -0.991. The number of ether oxygens (including phenoxy) is 1. The first-order valence-corrected chi connectivity index (χ1v) is 9.56. The van der Waals surface area contributed by atoms with Crippen LogP contribution in [0.1, 0.15) is 48.5 Å². The summed E-state index contributed by atoms with van der Waals surface area (Å²) in [5, 5.41) is 9.80. The number of hydrogen-bond donors (Lipinski definition) is 1. The maximum absolute atomic E-state index is 14.4. The molecular formula is C21H35BFN2O3. The fourth-order valence-corrected chi connectivity index (χ4v) is 2.37. The first-order valence-electron chi connectivity index (χ1n) is 9.56. The summed E-state index contributed by atoms with van der Waals surface area (Å²) >= 11 is 0. The number of anilines is 1. The molecule has 5 nitrogen and oxygen atoms in total. The summed E-state index contributed by atoms with van der Waals surface area (Å²) in [6.45, 7) is 13.6. The van der Waals surface area contributed by atoms with Gasteiger partial charge in [-0.15, -0.1) is 0 Å². The number of rotatable bonds is 7. The maximum Gasteiger partial charge on any atom is 0.414 e. The van der Waals surface area contributed by atoms with Crippen LogP contribution in [0.4, 0.5) is 14.9 Å². The second-order valence-corrected chi connectivity index (χ2v) is 9.60. The number of hydrogen-bond acceptors (Lipinski definition) is 4. The Morgan fingerprint density at radius 2 is 1.64 bits per heavy atom. The van der Waals surface area contributed by atoms with E-state index in [0.29, 0.717) is 24.2 Å². The summed E-state index contributed by atoms with van der Waals surface area (Å²) in [6, 6.07) is 4.47. The van der Waals surface area contributed by atoms with Crippen molar-refractivity contribution in [2.45, 2.75) is 65.0 Å². The van der Waals surface area contributed by atoms with Gasteiger partial charge in [0, 0.05) is 18.8 Å². The van der Waals surface area contributed by atoms with Crippen LogP contribution in [0.25, 0.3) is 0 Å². The predicted molar refractivity (Wildman–Crippen MR) is 114 cm³/mol. The molecule has 0 spiro atoms. The van der Waals surface area contributed by atoms with Crippen LogP contribution in [-0.4, -0.2) is 61.8 Å². The van der Waals surface area contributed by atoms with Gasteiger partial charge in [-0.2, -0.15) is 0 Å². The Labute approximate surface area is 170 Å². The lowest BCUT2D eigenvalue weighted by atomic mass is 9.45. The maximum atomic E-state index is 14.4. The van der Waals surface area contributed by atoms with E-state index in [1.165, 1.54) is 17.0 Å². The first kappa shape index (κ1) is 24.4. The number of likely N-dealkylation sites (N-methyl/N-ethyl adjacent to an activating group) is 1. The standard InChI is InChI=1S/C21H35BFN2O3/c1-19(2,3)28-18(26)25(11-10-24(8)9)17-13-15(12-16(23)14-17)22-20(4,5)21(6,7)27/h12-14,27H,10-11H2,1-9H3. The molecule has 0 saturated heterocycles. The van der Waals surface area contributed by atoms with Crippen molar-refractivity contribution in [2.75, 3.05) is 32.1 Å². The number of nitrogens with zero attached hydrogens (tertiary/aromatic N) is 2. The number of carbonyl (C=O) groups is 1. The minimum absolute atomic E-state index is 0.361. The largest absolute Gasteiger partial charge is 0.443 e. The lowest BCUT2D eigenvalue weighted by Crippen LogP contribution is -2.43.